The van der Waals surface area contributed by atoms with Crippen molar-refractivity contribution in [2.45, 2.75) is 103 Å². The maximum atomic E-state index is 11.7. The molecule has 0 unspecified atom stereocenters. The number of unbranched alkanes of at least 4 members (excludes halogenated alkanes) is 9. The molecule has 0 fully saturated rings. The molecule has 0 heterocycles. The Kier molecular flexibility index (Phi) is 33.4. The fraction of sp³-hybridized carbons (Fsp3) is 0.571. The van der Waals surface area contributed by atoms with Gasteiger partial charge in [-0.1, -0.05) is 25.7 Å². The van der Waals surface area contributed by atoms with E-state index < -0.39 is 35.8 Å². The largest absolute Gasteiger partial charge is 0.481 e. The highest BCUT2D eigenvalue weighted by atomic mass is 16.5. The second-order valence-electron chi connectivity index (χ2n) is 12.8. The number of carbonyl (C=O) groups excluding carboxylic acids is 4. The van der Waals surface area contributed by atoms with Gasteiger partial charge >= 0.3 is 35.8 Å². The molecular formula is C42H62O16. The summed E-state index contributed by atoms with van der Waals surface area (Å²) in [4.78, 5) is 67.1. The van der Waals surface area contributed by atoms with Crippen LogP contribution in [0.4, 0.5) is 0 Å². The fourth-order valence-corrected chi connectivity index (χ4v) is 4.59. The van der Waals surface area contributed by atoms with Crippen molar-refractivity contribution in [3.63, 3.8) is 0 Å². The smallest absolute Gasteiger partial charge is 0.338 e. The van der Waals surface area contributed by atoms with Gasteiger partial charge in [-0.2, -0.15) is 0 Å². The first kappa shape index (κ1) is 53.1. The van der Waals surface area contributed by atoms with Crippen LogP contribution < -0.4 is 0 Å². The van der Waals surface area contributed by atoms with Crippen molar-refractivity contribution in [2.24, 2.45) is 0 Å². The van der Waals surface area contributed by atoms with Gasteiger partial charge in [0, 0.05) is 39.3 Å². The maximum absolute atomic E-state index is 11.7. The van der Waals surface area contributed by atoms with Gasteiger partial charge in [-0.25, -0.2) is 19.2 Å². The van der Waals surface area contributed by atoms with Crippen LogP contribution in [0.2, 0.25) is 0 Å². The van der Waals surface area contributed by atoms with Crippen molar-refractivity contribution in [1.29, 1.82) is 0 Å². The van der Waals surface area contributed by atoms with E-state index in [1.54, 1.807) is 0 Å². The van der Waals surface area contributed by atoms with Gasteiger partial charge in [0.25, 0.3) is 0 Å². The zero-order valence-electron chi connectivity index (χ0n) is 33.4. The van der Waals surface area contributed by atoms with Crippen molar-refractivity contribution in [1.82, 2.24) is 0 Å². The van der Waals surface area contributed by atoms with E-state index in [1.165, 1.54) is 48.5 Å². The van der Waals surface area contributed by atoms with Crippen LogP contribution in [0.1, 0.15) is 144 Å². The summed E-state index contributed by atoms with van der Waals surface area (Å²) in [5.41, 5.74) is 1.45. The average Bonchev–Trinajstić information content (AvgIpc) is 3.22. The van der Waals surface area contributed by atoms with Gasteiger partial charge in [-0.15, -0.1) is 0 Å². The van der Waals surface area contributed by atoms with Crippen molar-refractivity contribution in [3.05, 3.63) is 70.8 Å². The van der Waals surface area contributed by atoms with Gasteiger partial charge < -0.3 is 49.6 Å². The summed E-state index contributed by atoms with van der Waals surface area (Å²) in [5, 5.41) is 51.2. The lowest BCUT2D eigenvalue weighted by Gasteiger charge is -2.06. The molecule has 0 spiro atoms. The third kappa shape index (κ3) is 29.4. The summed E-state index contributed by atoms with van der Waals surface area (Å²) in [6.07, 6.45) is 10.6. The zero-order chi connectivity index (χ0) is 43.2. The highest BCUT2D eigenvalue weighted by Crippen LogP contribution is 2.11. The Bertz CT molecular complexity index is 1220. The van der Waals surface area contributed by atoms with Crippen molar-refractivity contribution >= 4 is 35.8 Å². The molecule has 0 amide bonds. The van der Waals surface area contributed by atoms with Crippen LogP contribution in [0.15, 0.2) is 48.5 Å². The van der Waals surface area contributed by atoms with Crippen LogP contribution in [-0.4, -0.2) is 119 Å². The van der Waals surface area contributed by atoms with E-state index in [0.29, 0.717) is 73.6 Å². The number of carbonyl (C=O) groups is 6. The van der Waals surface area contributed by atoms with Gasteiger partial charge in [0.05, 0.1) is 48.7 Å². The Labute approximate surface area is 340 Å². The molecule has 16 heteroatoms. The van der Waals surface area contributed by atoms with Gasteiger partial charge in [-0.05, 0) is 113 Å². The molecule has 0 aliphatic carbocycles. The molecule has 0 saturated carbocycles. The second-order valence-corrected chi connectivity index (χ2v) is 12.8. The van der Waals surface area contributed by atoms with Gasteiger partial charge in [-0.3, -0.25) is 9.59 Å². The highest BCUT2D eigenvalue weighted by Gasteiger charge is 2.12. The van der Waals surface area contributed by atoms with E-state index in [1.807, 2.05) is 0 Å². The third-order valence-corrected chi connectivity index (χ3v) is 7.89. The molecule has 0 aliphatic rings. The molecule has 0 aliphatic heterocycles. The normalized spacial score (nSPS) is 10.2. The topological polar surface area (TPSA) is 261 Å². The first-order valence-corrected chi connectivity index (χ1v) is 19.8. The molecule has 2 rings (SSSR count). The lowest BCUT2D eigenvalue weighted by atomic mass is 10.1. The molecule has 6 N–H and O–H groups in total. The summed E-state index contributed by atoms with van der Waals surface area (Å²) in [5.74, 6) is -3.31. The van der Waals surface area contributed by atoms with Crippen molar-refractivity contribution in [2.75, 3.05) is 52.9 Å². The number of aliphatic carboxylic acids is 2. The number of carboxylic acids is 2. The number of benzene rings is 2. The lowest BCUT2D eigenvalue weighted by molar-refractivity contribution is -0.138. The Morgan fingerprint density at radius 2 is 0.534 bits per heavy atom. The number of aliphatic hydroxyl groups excluding tert-OH is 4. The molecule has 0 saturated heterocycles. The van der Waals surface area contributed by atoms with Gasteiger partial charge in [0.2, 0.25) is 0 Å². The predicted octanol–water partition coefficient (Wildman–Crippen LogP) is 5.37. The van der Waals surface area contributed by atoms with Crippen LogP contribution in [0.25, 0.3) is 0 Å². The molecule has 2 aromatic rings. The van der Waals surface area contributed by atoms with Crippen molar-refractivity contribution < 1.29 is 78.4 Å². The minimum absolute atomic E-state index is 0.0761. The number of carboxylic acid groups (broad SMARTS) is 2. The number of hydrogen-bond donors (Lipinski definition) is 6. The number of aliphatic hydroxyl groups is 4. The summed E-state index contributed by atoms with van der Waals surface area (Å²) in [6, 6.07) is 12.1. The Morgan fingerprint density at radius 1 is 0.328 bits per heavy atom. The summed E-state index contributed by atoms with van der Waals surface area (Å²) < 4.78 is 20.1. The van der Waals surface area contributed by atoms with Crippen LogP contribution in [0.5, 0.6) is 0 Å². The first-order chi connectivity index (χ1) is 28.0. The van der Waals surface area contributed by atoms with Crippen LogP contribution in [-0.2, 0) is 28.5 Å². The molecule has 16 nitrogen and oxygen atoms in total. The Hall–Kier alpha value is -4.90. The maximum Gasteiger partial charge on any atom is 0.338 e. The van der Waals surface area contributed by atoms with Gasteiger partial charge in [0.15, 0.2) is 0 Å². The molecular weight excluding hydrogens is 760 g/mol. The lowest BCUT2D eigenvalue weighted by Crippen LogP contribution is -2.09. The van der Waals surface area contributed by atoms with Crippen LogP contribution in [0.3, 0.4) is 0 Å². The molecule has 58 heavy (non-hydrogen) atoms. The summed E-state index contributed by atoms with van der Waals surface area (Å²) in [6.45, 7) is 1.34. The Balaban J connectivity index is 0.000000865. The van der Waals surface area contributed by atoms with E-state index in [4.69, 9.17) is 49.6 Å². The summed E-state index contributed by atoms with van der Waals surface area (Å²) >= 11 is 0. The van der Waals surface area contributed by atoms with Gasteiger partial charge in [0.1, 0.15) is 0 Å². The quantitative estimate of drug-likeness (QED) is 0.0342. The fourth-order valence-electron chi connectivity index (χ4n) is 4.59. The van der Waals surface area contributed by atoms with Crippen LogP contribution >= 0.6 is 0 Å². The first-order valence-electron chi connectivity index (χ1n) is 19.8. The highest BCUT2D eigenvalue weighted by molar-refractivity contribution is 5.94. The number of ether oxygens (including phenoxy) is 4. The summed E-state index contributed by atoms with van der Waals surface area (Å²) in [7, 11) is 0. The van der Waals surface area contributed by atoms with Crippen LogP contribution in [0, 0.1) is 0 Å². The minimum Gasteiger partial charge on any atom is -0.481 e. The number of esters is 4. The zero-order valence-corrected chi connectivity index (χ0v) is 33.4. The Morgan fingerprint density at radius 3 is 0.724 bits per heavy atom. The van der Waals surface area contributed by atoms with E-state index >= 15 is 0 Å². The molecule has 0 radical (unpaired) electrons. The minimum atomic E-state index is -0.740. The molecule has 0 atom stereocenters. The monoisotopic (exact) mass is 822 g/mol. The predicted molar refractivity (Wildman–Crippen MR) is 212 cm³/mol. The SMILES string of the molecule is O=C(O)CCCCCCCCC(=O)O.O=C(OCCCCO)c1ccc(C(=O)OCCCCO)cc1.O=C(OCCCCO)c1ccc(C(=O)OCCCCO)cc1. The second kappa shape index (κ2) is 36.4. The van der Waals surface area contributed by atoms with E-state index in [0.717, 1.165) is 38.5 Å². The molecule has 0 bridgehead atoms. The van der Waals surface area contributed by atoms with E-state index in [-0.39, 0.29) is 65.7 Å². The molecule has 326 valence electrons. The molecule has 0 aromatic heterocycles. The van der Waals surface area contributed by atoms with Crippen molar-refractivity contribution in [3.8, 4) is 0 Å². The molecule has 2 aromatic carbocycles. The van der Waals surface area contributed by atoms with E-state index in [9.17, 15) is 28.8 Å². The standard InChI is InChI=1S/2C16H22O6.C10H18O4/c2*17-9-1-3-11-21-15(19)13-5-7-14(8-6-13)16(20)22-12-4-2-10-18;11-9(12)7-5-3-1-2-4-6-8-10(13)14/h2*5-8,17-18H,1-4,9-12H2;1-8H2,(H,11,12)(H,13,14). The average molecular weight is 823 g/mol. The third-order valence-electron chi connectivity index (χ3n) is 7.89. The number of hydrogen-bond acceptors (Lipinski definition) is 14. The number of rotatable bonds is 29. The van der Waals surface area contributed by atoms with E-state index in [2.05, 4.69) is 0 Å².